The number of nitrogens with zero attached hydrogens (tertiary/aromatic N) is 2. The van der Waals surface area contributed by atoms with E-state index in [1.165, 1.54) is 11.3 Å². The third-order valence-electron chi connectivity index (χ3n) is 5.78. The van der Waals surface area contributed by atoms with Gasteiger partial charge in [0.2, 0.25) is 5.91 Å². The second-order valence-electron chi connectivity index (χ2n) is 7.13. The van der Waals surface area contributed by atoms with Crippen LogP contribution in [0.5, 0.6) is 0 Å². The van der Waals surface area contributed by atoms with Crippen LogP contribution in [0.1, 0.15) is 22.5 Å². The minimum atomic E-state index is -0.138. The van der Waals surface area contributed by atoms with Gasteiger partial charge in [0.25, 0.3) is 5.91 Å². The number of thiophene rings is 1. The van der Waals surface area contributed by atoms with Crippen LogP contribution in [0.2, 0.25) is 0 Å². The summed E-state index contributed by atoms with van der Waals surface area (Å²) < 4.78 is 10.9. The van der Waals surface area contributed by atoms with Crippen LogP contribution in [-0.4, -0.2) is 74.2 Å². The van der Waals surface area contributed by atoms with Gasteiger partial charge in [-0.3, -0.25) is 9.59 Å². The number of rotatable bonds is 2. The fourth-order valence-electron chi connectivity index (χ4n) is 4.31. The van der Waals surface area contributed by atoms with E-state index in [2.05, 4.69) is 0 Å². The molecule has 3 fully saturated rings. The first-order chi connectivity index (χ1) is 12.2. The van der Waals surface area contributed by atoms with Gasteiger partial charge in [0, 0.05) is 44.8 Å². The first-order valence-corrected chi connectivity index (χ1v) is 9.85. The topological polar surface area (TPSA) is 59.1 Å². The fraction of sp³-hybridized carbons (Fsp3) is 0.667. The van der Waals surface area contributed by atoms with Crippen molar-refractivity contribution in [2.45, 2.75) is 12.8 Å². The van der Waals surface area contributed by atoms with E-state index >= 15 is 0 Å². The molecule has 1 atom stereocenters. The third kappa shape index (κ3) is 3.20. The standard InChI is InChI=1S/C18H24N2O4S/c21-16(19-5-9-24-10-6-19)14-12-20(17(22)15-2-1-11-25-15)13-18(14)3-7-23-8-4-18/h1-2,11,14H,3-10,12-13H2/t14-/m0/s1. The lowest BCUT2D eigenvalue weighted by Crippen LogP contribution is -2.49. The van der Waals surface area contributed by atoms with Crippen LogP contribution in [-0.2, 0) is 14.3 Å². The molecule has 0 radical (unpaired) electrons. The van der Waals surface area contributed by atoms with Crippen LogP contribution in [0, 0.1) is 11.3 Å². The zero-order valence-corrected chi connectivity index (χ0v) is 15.1. The largest absolute Gasteiger partial charge is 0.381 e. The van der Waals surface area contributed by atoms with E-state index in [4.69, 9.17) is 9.47 Å². The highest BCUT2D eigenvalue weighted by Gasteiger charge is 2.52. The van der Waals surface area contributed by atoms with Crippen molar-refractivity contribution in [2.75, 3.05) is 52.6 Å². The molecule has 1 aromatic rings. The molecule has 136 valence electrons. The van der Waals surface area contributed by atoms with Gasteiger partial charge in [-0.15, -0.1) is 11.3 Å². The van der Waals surface area contributed by atoms with E-state index in [-0.39, 0.29) is 23.1 Å². The number of hydrogen-bond acceptors (Lipinski definition) is 5. The Hall–Kier alpha value is -1.44. The fourth-order valence-corrected chi connectivity index (χ4v) is 5.00. The van der Waals surface area contributed by atoms with E-state index in [1.807, 2.05) is 27.3 Å². The van der Waals surface area contributed by atoms with Crippen LogP contribution < -0.4 is 0 Å². The molecule has 1 aromatic heterocycles. The molecular weight excluding hydrogens is 340 g/mol. The van der Waals surface area contributed by atoms with Crippen LogP contribution in [0.25, 0.3) is 0 Å². The Bertz CT molecular complexity index is 621. The summed E-state index contributed by atoms with van der Waals surface area (Å²) in [6.45, 7) is 5.04. The van der Waals surface area contributed by atoms with Crippen LogP contribution in [0.3, 0.4) is 0 Å². The van der Waals surface area contributed by atoms with Crippen LogP contribution >= 0.6 is 11.3 Å². The first kappa shape index (κ1) is 17.0. The summed E-state index contributed by atoms with van der Waals surface area (Å²) >= 11 is 1.46. The van der Waals surface area contributed by atoms with E-state index in [1.54, 1.807) is 0 Å². The lowest BCUT2D eigenvalue weighted by Gasteiger charge is -2.39. The lowest BCUT2D eigenvalue weighted by molar-refractivity contribution is -0.144. The first-order valence-electron chi connectivity index (χ1n) is 8.97. The van der Waals surface area contributed by atoms with E-state index in [0.717, 1.165) is 17.7 Å². The number of likely N-dealkylation sites (tertiary alicyclic amines) is 1. The molecule has 0 N–H and O–H groups in total. The quantitative estimate of drug-likeness (QED) is 0.798. The highest BCUT2D eigenvalue weighted by Crippen LogP contribution is 2.45. The Labute approximate surface area is 151 Å². The van der Waals surface area contributed by atoms with E-state index in [9.17, 15) is 9.59 Å². The Morgan fingerprint density at radius 2 is 1.80 bits per heavy atom. The SMILES string of the molecule is O=C(c1cccs1)N1C[C@@H](C(=O)N2CCOCC2)C2(CCOCC2)C1. The molecule has 1 spiro atoms. The molecule has 3 aliphatic rings. The molecule has 7 heteroatoms. The molecular formula is C18H24N2O4S. The predicted molar refractivity (Wildman–Crippen MR) is 93.6 cm³/mol. The maximum Gasteiger partial charge on any atom is 0.263 e. The average molecular weight is 364 g/mol. The van der Waals surface area contributed by atoms with Gasteiger partial charge in [0.15, 0.2) is 0 Å². The van der Waals surface area contributed by atoms with E-state index in [0.29, 0.717) is 52.6 Å². The number of ether oxygens (including phenoxy) is 2. The van der Waals surface area contributed by atoms with Gasteiger partial charge < -0.3 is 19.3 Å². The number of morpholine rings is 1. The van der Waals surface area contributed by atoms with Crippen molar-refractivity contribution in [1.29, 1.82) is 0 Å². The number of amides is 2. The number of carbonyl (C=O) groups excluding carboxylic acids is 2. The Morgan fingerprint density at radius 3 is 2.48 bits per heavy atom. The Kier molecular flexibility index (Phi) is 4.80. The molecule has 0 aromatic carbocycles. The highest BCUT2D eigenvalue weighted by molar-refractivity contribution is 7.12. The van der Waals surface area contributed by atoms with Crippen molar-refractivity contribution in [2.24, 2.45) is 11.3 Å². The summed E-state index contributed by atoms with van der Waals surface area (Å²) in [5.74, 6) is 0.114. The van der Waals surface area contributed by atoms with Crippen molar-refractivity contribution in [3.63, 3.8) is 0 Å². The van der Waals surface area contributed by atoms with Gasteiger partial charge in [0.05, 0.1) is 24.0 Å². The van der Waals surface area contributed by atoms with Crippen molar-refractivity contribution >= 4 is 23.2 Å². The molecule has 4 heterocycles. The lowest BCUT2D eigenvalue weighted by atomic mass is 9.71. The van der Waals surface area contributed by atoms with Crippen molar-refractivity contribution in [3.05, 3.63) is 22.4 Å². The zero-order chi connectivity index (χ0) is 17.3. The van der Waals surface area contributed by atoms with Gasteiger partial charge in [-0.25, -0.2) is 0 Å². The maximum absolute atomic E-state index is 13.2. The van der Waals surface area contributed by atoms with Gasteiger partial charge in [-0.05, 0) is 24.3 Å². The smallest absolute Gasteiger partial charge is 0.263 e. The Morgan fingerprint density at radius 1 is 1.08 bits per heavy atom. The summed E-state index contributed by atoms with van der Waals surface area (Å²) in [5, 5.41) is 1.92. The monoisotopic (exact) mass is 364 g/mol. The van der Waals surface area contributed by atoms with Crippen molar-refractivity contribution < 1.29 is 19.1 Å². The summed E-state index contributed by atoms with van der Waals surface area (Å²) in [4.78, 5) is 30.6. The molecule has 4 rings (SSSR count). The van der Waals surface area contributed by atoms with Crippen LogP contribution in [0.4, 0.5) is 0 Å². The molecule has 0 aliphatic carbocycles. The predicted octanol–water partition coefficient (Wildman–Crippen LogP) is 1.48. The molecule has 0 unspecified atom stereocenters. The molecule has 3 aliphatic heterocycles. The molecule has 3 saturated heterocycles. The summed E-state index contributed by atoms with van der Waals surface area (Å²) in [5.41, 5.74) is -0.138. The van der Waals surface area contributed by atoms with Crippen molar-refractivity contribution in [3.8, 4) is 0 Å². The highest BCUT2D eigenvalue weighted by atomic mass is 32.1. The molecule has 2 amide bonds. The minimum absolute atomic E-state index is 0.0538. The second kappa shape index (κ2) is 7.05. The maximum atomic E-state index is 13.2. The van der Waals surface area contributed by atoms with Crippen molar-refractivity contribution in [1.82, 2.24) is 9.80 Å². The molecule has 6 nitrogen and oxygen atoms in total. The third-order valence-corrected chi connectivity index (χ3v) is 6.63. The normalized spacial score (nSPS) is 26.2. The summed E-state index contributed by atoms with van der Waals surface area (Å²) in [6.07, 6.45) is 1.70. The minimum Gasteiger partial charge on any atom is -0.381 e. The van der Waals surface area contributed by atoms with Gasteiger partial charge in [-0.1, -0.05) is 6.07 Å². The molecule has 25 heavy (non-hydrogen) atoms. The molecule has 0 bridgehead atoms. The van der Waals surface area contributed by atoms with E-state index < -0.39 is 0 Å². The second-order valence-corrected chi connectivity index (χ2v) is 8.08. The summed E-state index contributed by atoms with van der Waals surface area (Å²) in [6, 6.07) is 3.76. The van der Waals surface area contributed by atoms with Gasteiger partial charge in [-0.2, -0.15) is 0 Å². The average Bonchev–Trinajstić information content (AvgIpc) is 3.31. The van der Waals surface area contributed by atoms with Gasteiger partial charge >= 0.3 is 0 Å². The number of hydrogen-bond donors (Lipinski definition) is 0. The summed E-state index contributed by atoms with van der Waals surface area (Å²) in [7, 11) is 0. The van der Waals surface area contributed by atoms with Gasteiger partial charge in [0.1, 0.15) is 0 Å². The molecule has 0 saturated carbocycles. The van der Waals surface area contributed by atoms with Crippen LogP contribution in [0.15, 0.2) is 17.5 Å². The zero-order valence-electron chi connectivity index (χ0n) is 14.3. The Balaban J connectivity index is 1.56. The number of carbonyl (C=O) groups is 2.